The molecule has 166 valence electrons. The molecular weight excluding hydrogens is 406 g/mol. The number of fused-ring (bicyclic) bond motifs is 1. The molecule has 2 aliphatic heterocycles. The third-order valence-electron chi connectivity index (χ3n) is 4.18. The van der Waals surface area contributed by atoms with E-state index in [4.69, 9.17) is 33.6 Å². The number of hydrogen-bond acceptors (Lipinski definition) is 12. The molecular formula is C17H23N3O10. The highest BCUT2D eigenvalue weighted by atomic mass is 16.8. The lowest BCUT2D eigenvalue weighted by Crippen LogP contribution is -2.36. The van der Waals surface area contributed by atoms with Gasteiger partial charge in [-0.1, -0.05) is 0 Å². The lowest BCUT2D eigenvalue weighted by Gasteiger charge is -2.27. The zero-order valence-electron chi connectivity index (χ0n) is 16.8. The van der Waals surface area contributed by atoms with Gasteiger partial charge in [0.1, 0.15) is 12.7 Å². The first-order valence-corrected chi connectivity index (χ1v) is 9.15. The first-order valence-electron chi connectivity index (χ1n) is 9.15. The van der Waals surface area contributed by atoms with E-state index in [0.717, 1.165) is 4.57 Å². The van der Waals surface area contributed by atoms with Crippen LogP contribution in [0.2, 0.25) is 0 Å². The fraction of sp³-hybridized carbons (Fsp3) is 0.647. The summed E-state index contributed by atoms with van der Waals surface area (Å²) in [5.74, 6) is -1.28. The van der Waals surface area contributed by atoms with E-state index in [9.17, 15) is 14.4 Å². The fourth-order valence-corrected chi connectivity index (χ4v) is 3.22. The largest absolute Gasteiger partial charge is 0.510 e. The highest BCUT2D eigenvalue weighted by molar-refractivity contribution is 5.63. The zero-order chi connectivity index (χ0) is 22.1. The van der Waals surface area contributed by atoms with Crippen molar-refractivity contribution in [3.8, 4) is 0 Å². The second-order valence-corrected chi connectivity index (χ2v) is 7.32. The summed E-state index contributed by atoms with van der Waals surface area (Å²) in [6.07, 6.45) is -4.70. The van der Waals surface area contributed by atoms with E-state index in [1.165, 1.54) is 12.3 Å². The number of hydrogen-bond donors (Lipinski definition) is 2. The number of rotatable bonds is 7. The lowest BCUT2D eigenvalue weighted by atomic mass is 10.1. The molecule has 0 aliphatic carbocycles. The Kier molecular flexibility index (Phi) is 6.14. The van der Waals surface area contributed by atoms with E-state index < -0.39 is 48.3 Å². The first kappa shape index (κ1) is 21.8. The number of ether oxygens (including phenoxy) is 6. The summed E-state index contributed by atoms with van der Waals surface area (Å²) in [5, 5.41) is 8.85. The molecule has 3 heterocycles. The van der Waals surface area contributed by atoms with E-state index in [1.807, 2.05) is 0 Å². The summed E-state index contributed by atoms with van der Waals surface area (Å²) in [4.78, 5) is 39.4. The summed E-state index contributed by atoms with van der Waals surface area (Å²) in [5.41, 5.74) is 0.985. The molecule has 0 unspecified atom stereocenters. The van der Waals surface area contributed by atoms with Crippen LogP contribution in [0.5, 0.6) is 0 Å². The first-order chi connectivity index (χ1) is 14.1. The Hall–Kier alpha value is -2.90. The minimum Gasteiger partial charge on any atom is -0.431 e. The number of carbonyl (C=O) groups is 2. The molecule has 0 aromatic carbocycles. The van der Waals surface area contributed by atoms with Crippen LogP contribution in [0.1, 0.15) is 33.9 Å². The molecule has 0 spiro atoms. The van der Waals surface area contributed by atoms with Gasteiger partial charge in [-0.2, -0.15) is 4.98 Å². The molecule has 4 atom stereocenters. The van der Waals surface area contributed by atoms with Gasteiger partial charge in [0.2, 0.25) is 5.79 Å². The van der Waals surface area contributed by atoms with Crippen molar-refractivity contribution in [2.24, 2.45) is 0 Å². The van der Waals surface area contributed by atoms with Gasteiger partial charge in [-0.25, -0.2) is 14.4 Å². The summed E-state index contributed by atoms with van der Waals surface area (Å²) in [6.45, 7) is 6.37. The van der Waals surface area contributed by atoms with Crippen molar-refractivity contribution in [2.75, 3.05) is 12.1 Å². The predicted octanol–water partition coefficient (Wildman–Crippen LogP) is 1.16. The molecule has 0 saturated carbocycles. The highest BCUT2D eigenvalue weighted by Gasteiger charge is 2.55. The maximum atomic E-state index is 12.2. The number of nitrogens with zero attached hydrogens (tertiary/aromatic N) is 2. The molecule has 2 N–H and O–H groups in total. The Morgan fingerprint density at radius 3 is 2.67 bits per heavy atom. The van der Waals surface area contributed by atoms with Gasteiger partial charge in [-0.15, -0.1) is 0 Å². The number of nitrogens with one attached hydrogen (secondary N) is 1. The maximum Gasteiger partial charge on any atom is 0.510 e. The number of aromatic nitrogens is 2. The molecule has 2 saturated heterocycles. The maximum absolute atomic E-state index is 12.2. The molecule has 0 bridgehead atoms. The van der Waals surface area contributed by atoms with E-state index in [0.29, 0.717) is 0 Å². The van der Waals surface area contributed by atoms with Gasteiger partial charge in [0.05, 0.1) is 6.10 Å². The van der Waals surface area contributed by atoms with Crippen molar-refractivity contribution >= 4 is 18.1 Å². The quantitative estimate of drug-likeness (QED) is 0.363. The number of carbonyl (C=O) groups excluding carboxylic acids is 2. The van der Waals surface area contributed by atoms with Crippen molar-refractivity contribution in [1.82, 2.24) is 9.55 Å². The van der Waals surface area contributed by atoms with Gasteiger partial charge in [-0.05, 0) is 19.9 Å². The molecule has 1 aromatic heterocycles. The molecule has 30 heavy (non-hydrogen) atoms. The van der Waals surface area contributed by atoms with Gasteiger partial charge in [0.15, 0.2) is 24.3 Å². The Balaban J connectivity index is 1.67. The van der Waals surface area contributed by atoms with Crippen LogP contribution in [-0.2, 0) is 28.4 Å². The van der Waals surface area contributed by atoms with Crippen molar-refractivity contribution in [2.45, 2.75) is 64.1 Å². The molecule has 13 heteroatoms. The van der Waals surface area contributed by atoms with Gasteiger partial charge in [0.25, 0.3) is 0 Å². The van der Waals surface area contributed by atoms with Crippen molar-refractivity contribution < 1.29 is 43.2 Å². The van der Waals surface area contributed by atoms with Crippen LogP contribution in [0.25, 0.3) is 0 Å². The summed E-state index contributed by atoms with van der Waals surface area (Å²) in [7, 11) is 0. The topological polar surface area (TPSA) is 157 Å². The van der Waals surface area contributed by atoms with Crippen LogP contribution in [0.4, 0.5) is 15.4 Å². The Bertz CT molecular complexity index is 854. The van der Waals surface area contributed by atoms with E-state index >= 15 is 0 Å². The van der Waals surface area contributed by atoms with Crippen LogP contribution in [0.3, 0.4) is 0 Å². The Morgan fingerprint density at radius 1 is 1.33 bits per heavy atom. The standard InChI is InChI=1S/C17H23N3O10/c1-8(2)29-17(3,4)30-15(22)25-7-9-11-12(28-16(23)27-11)13(26-9)20-6-5-10(19-24)18-14(20)21/h5-6,8-9,11-13,24H,7H2,1-4H3,(H,18,19,21)/t9-,11-,12-,13-/m1/s1. The molecule has 3 rings (SSSR count). The van der Waals surface area contributed by atoms with Crippen LogP contribution in [0, 0.1) is 0 Å². The van der Waals surface area contributed by atoms with Crippen molar-refractivity contribution in [1.29, 1.82) is 0 Å². The minimum atomic E-state index is -1.21. The Labute approximate surface area is 170 Å². The summed E-state index contributed by atoms with van der Waals surface area (Å²) >= 11 is 0. The van der Waals surface area contributed by atoms with Crippen LogP contribution < -0.4 is 11.2 Å². The van der Waals surface area contributed by atoms with Gasteiger partial charge in [-0.3, -0.25) is 15.3 Å². The monoisotopic (exact) mass is 429 g/mol. The normalized spacial score (nSPS) is 25.5. The summed E-state index contributed by atoms with van der Waals surface area (Å²) in [6, 6.07) is 1.31. The summed E-state index contributed by atoms with van der Waals surface area (Å²) < 4.78 is 32.6. The average Bonchev–Trinajstić information content (AvgIpc) is 3.16. The van der Waals surface area contributed by atoms with Crippen molar-refractivity contribution in [3.05, 3.63) is 22.7 Å². The van der Waals surface area contributed by atoms with Gasteiger partial charge < -0.3 is 28.4 Å². The highest BCUT2D eigenvalue weighted by Crippen LogP contribution is 2.37. The molecule has 0 radical (unpaired) electrons. The SMILES string of the molecule is CC(C)OC(C)(C)OC(=O)OC[C@H]1O[C@@H](n2ccc(NO)nc2=O)[C@@H]2OC(=O)O[C@@H]21. The molecule has 2 aliphatic rings. The average molecular weight is 429 g/mol. The Morgan fingerprint density at radius 2 is 2.03 bits per heavy atom. The molecule has 1 aromatic rings. The molecule has 0 amide bonds. The van der Waals surface area contributed by atoms with Crippen LogP contribution in [0.15, 0.2) is 17.1 Å². The molecule has 2 fully saturated rings. The number of anilines is 1. The molecule has 13 nitrogen and oxygen atoms in total. The third kappa shape index (κ3) is 4.80. The van der Waals surface area contributed by atoms with E-state index in [-0.39, 0.29) is 18.5 Å². The van der Waals surface area contributed by atoms with E-state index in [2.05, 4.69) is 4.98 Å². The van der Waals surface area contributed by atoms with Gasteiger partial charge >= 0.3 is 18.0 Å². The van der Waals surface area contributed by atoms with Gasteiger partial charge in [0, 0.05) is 20.0 Å². The zero-order valence-corrected chi connectivity index (χ0v) is 16.8. The third-order valence-corrected chi connectivity index (χ3v) is 4.18. The fourth-order valence-electron chi connectivity index (χ4n) is 3.22. The van der Waals surface area contributed by atoms with Crippen molar-refractivity contribution in [3.63, 3.8) is 0 Å². The predicted molar refractivity (Wildman–Crippen MR) is 95.7 cm³/mol. The smallest absolute Gasteiger partial charge is 0.431 e. The van der Waals surface area contributed by atoms with Crippen LogP contribution >= 0.6 is 0 Å². The second-order valence-electron chi connectivity index (χ2n) is 7.32. The minimum absolute atomic E-state index is 0.0701. The lowest BCUT2D eigenvalue weighted by molar-refractivity contribution is -0.209. The van der Waals surface area contributed by atoms with E-state index in [1.54, 1.807) is 33.2 Å². The van der Waals surface area contributed by atoms with Crippen LogP contribution in [-0.4, -0.2) is 63.9 Å². The second kappa shape index (κ2) is 8.45.